The monoisotopic (exact) mass is 379 g/mol. The van der Waals surface area contributed by atoms with Crippen LogP contribution in [0.2, 0.25) is 0 Å². The largest absolute Gasteiger partial charge is 0.392 e. The normalized spacial score (nSPS) is 22.0. The Hall–Kier alpha value is -3.21. The zero-order chi connectivity index (χ0) is 19.8. The van der Waals surface area contributed by atoms with Gasteiger partial charge in [-0.2, -0.15) is 0 Å². The Morgan fingerprint density at radius 3 is 2.89 bits per heavy atom. The molecule has 0 aliphatic carbocycles. The van der Waals surface area contributed by atoms with Gasteiger partial charge in [0.2, 0.25) is 0 Å². The number of hydrogen-bond donors (Lipinski definition) is 4. The molecule has 7 heteroatoms. The Kier molecular flexibility index (Phi) is 4.59. The second-order valence-electron chi connectivity index (χ2n) is 6.88. The van der Waals surface area contributed by atoms with Crippen molar-refractivity contribution in [3.63, 3.8) is 0 Å². The van der Waals surface area contributed by atoms with Crippen LogP contribution in [0, 0.1) is 17.7 Å². The first-order valence-electron chi connectivity index (χ1n) is 8.90. The van der Waals surface area contributed by atoms with Gasteiger partial charge >= 0.3 is 0 Å². The van der Waals surface area contributed by atoms with E-state index in [9.17, 15) is 19.1 Å². The number of ketones is 1. The number of anilines is 1. The maximum Gasteiger partial charge on any atom is 0.256 e. The van der Waals surface area contributed by atoms with Crippen LogP contribution in [0.1, 0.15) is 40.5 Å². The predicted octanol–water partition coefficient (Wildman–Crippen LogP) is 1.92. The van der Waals surface area contributed by atoms with Crippen LogP contribution in [-0.2, 0) is 4.79 Å². The summed E-state index contributed by atoms with van der Waals surface area (Å²) in [6.07, 6.45) is 3.15. The minimum Gasteiger partial charge on any atom is -0.392 e. The van der Waals surface area contributed by atoms with Crippen LogP contribution >= 0.6 is 0 Å². The van der Waals surface area contributed by atoms with Gasteiger partial charge in [-0.25, -0.2) is 4.39 Å². The van der Waals surface area contributed by atoms with E-state index in [2.05, 4.69) is 27.5 Å². The fourth-order valence-corrected chi connectivity index (χ4v) is 3.36. The van der Waals surface area contributed by atoms with Gasteiger partial charge in [-0.15, -0.1) is 0 Å². The third-order valence-electron chi connectivity index (χ3n) is 4.81. The van der Waals surface area contributed by atoms with E-state index in [0.717, 1.165) is 0 Å². The maximum atomic E-state index is 14.6. The molecule has 4 rings (SSSR count). The van der Waals surface area contributed by atoms with Crippen molar-refractivity contribution >= 4 is 29.0 Å². The lowest BCUT2D eigenvalue weighted by Crippen LogP contribution is -2.19. The Balaban J connectivity index is 1.76. The lowest BCUT2D eigenvalue weighted by molar-refractivity contribution is -0.110. The molecule has 1 saturated heterocycles. The topological polar surface area (TPSA) is 94.2 Å². The summed E-state index contributed by atoms with van der Waals surface area (Å²) >= 11 is 0. The molecule has 1 fully saturated rings. The number of carbonyl (C=O) groups is 2. The Morgan fingerprint density at radius 2 is 2.21 bits per heavy atom. The number of β-amino-alcohol motifs (C(OH)–C–C–N with tert-alkyl or cyclic N) is 1. The zero-order valence-electron chi connectivity index (χ0n) is 15.1. The molecular weight excluding hydrogens is 361 g/mol. The number of aliphatic hydroxyl groups is 1. The molecule has 2 aromatic rings. The highest BCUT2D eigenvalue weighted by Gasteiger charge is 2.29. The van der Waals surface area contributed by atoms with Crippen LogP contribution in [-0.4, -0.2) is 40.5 Å². The van der Waals surface area contributed by atoms with Gasteiger partial charge in [0.25, 0.3) is 5.91 Å². The minimum atomic E-state index is -0.525. The number of aromatic amines is 1. The van der Waals surface area contributed by atoms with Crippen molar-refractivity contribution in [1.29, 1.82) is 0 Å². The standard InChI is InChI=1S/C21H18FN3O3/c1-11(26)12-6-14(23-9-12)8-17-20-16(3-2-13-7-15(27)10-24-13)18(22)4-5-19(20)25-21(17)28/h4-6,8-9,13,15,23-24,27H,7,10H2,1H3,(H,25,28)/t13-,15-/m1/s1. The molecule has 142 valence electrons. The average Bonchev–Trinajstić information content (AvgIpc) is 3.35. The molecule has 1 amide bonds. The van der Waals surface area contributed by atoms with Gasteiger partial charge in [-0.1, -0.05) is 11.8 Å². The van der Waals surface area contributed by atoms with E-state index >= 15 is 0 Å². The van der Waals surface area contributed by atoms with Gasteiger partial charge in [0.1, 0.15) is 5.82 Å². The summed E-state index contributed by atoms with van der Waals surface area (Å²) in [6.45, 7) is 1.90. The minimum absolute atomic E-state index is 0.0963. The van der Waals surface area contributed by atoms with Gasteiger partial charge in [0, 0.05) is 36.0 Å². The summed E-state index contributed by atoms with van der Waals surface area (Å²) in [5, 5.41) is 15.4. The molecule has 3 heterocycles. The second kappa shape index (κ2) is 7.08. The van der Waals surface area contributed by atoms with E-state index in [0.29, 0.717) is 35.5 Å². The van der Waals surface area contributed by atoms with Crippen LogP contribution in [0.15, 0.2) is 24.4 Å². The van der Waals surface area contributed by atoms with Crippen LogP contribution in [0.4, 0.5) is 10.1 Å². The molecule has 0 spiro atoms. The van der Waals surface area contributed by atoms with E-state index in [1.165, 1.54) is 19.1 Å². The SMILES string of the molecule is CC(=O)c1c[nH]c(C=C2C(=O)Nc3ccc(F)c(C#C[C@@H]4C[C@@H](O)CN4)c32)c1. The predicted molar refractivity (Wildman–Crippen MR) is 103 cm³/mol. The number of Topliss-reactive ketones (excluding diaryl/α,β-unsaturated/α-hetero) is 1. The third kappa shape index (κ3) is 3.36. The Bertz CT molecular complexity index is 1070. The van der Waals surface area contributed by atoms with Crippen molar-refractivity contribution in [2.45, 2.75) is 25.5 Å². The van der Waals surface area contributed by atoms with Crippen molar-refractivity contribution < 1.29 is 19.1 Å². The van der Waals surface area contributed by atoms with Gasteiger partial charge in [0.15, 0.2) is 5.78 Å². The lowest BCUT2D eigenvalue weighted by atomic mass is 9.98. The average molecular weight is 379 g/mol. The van der Waals surface area contributed by atoms with Crippen LogP contribution in [0.3, 0.4) is 0 Å². The number of carbonyl (C=O) groups excluding carboxylic acids is 2. The summed E-state index contributed by atoms with van der Waals surface area (Å²) in [6, 6.07) is 4.17. The first-order chi connectivity index (χ1) is 13.4. The van der Waals surface area contributed by atoms with E-state index in [1.54, 1.807) is 18.3 Å². The summed E-state index contributed by atoms with van der Waals surface area (Å²) < 4.78 is 14.6. The molecule has 2 atom stereocenters. The number of aromatic nitrogens is 1. The maximum absolute atomic E-state index is 14.6. The number of fused-ring (bicyclic) bond motifs is 1. The highest BCUT2D eigenvalue weighted by atomic mass is 19.1. The molecule has 6 nitrogen and oxygen atoms in total. The van der Waals surface area contributed by atoms with Gasteiger partial charge < -0.3 is 20.7 Å². The van der Waals surface area contributed by atoms with Gasteiger partial charge in [-0.3, -0.25) is 9.59 Å². The van der Waals surface area contributed by atoms with E-state index in [-0.39, 0.29) is 28.9 Å². The molecule has 2 aliphatic rings. The number of rotatable bonds is 2. The summed E-state index contributed by atoms with van der Waals surface area (Å²) in [5.41, 5.74) is 2.34. The van der Waals surface area contributed by atoms with Crippen LogP contribution in [0.5, 0.6) is 0 Å². The van der Waals surface area contributed by atoms with Crippen LogP contribution < -0.4 is 10.6 Å². The lowest BCUT2D eigenvalue weighted by Gasteiger charge is -2.05. The highest BCUT2D eigenvalue weighted by molar-refractivity contribution is 6.35. The number of benzene rings is 1. The quantitative estimate of drug-likeness (QED) is 0.364. The molecule has 0 unspecified atom stereocenters. The molecule has 28 heavy (non-hydrogen) atoms. The zero-order valence-corrected chi connectivity index (χ0v) is 15.1. The Labute approximate surface area is 160 Å². The molecule has 1 aromatic carbocycles. The number of halogens is 1. The Morgan fingerprint density at radius 1 is 1.39 bits per heavy atom. The molecule has 0 radical (unpaired) electrons. The summed E-state index contributed by atoms with van der Waals surface area (Å²) in [5.74, 6) is 4.79. The van der Waals surface area contributed by atoms with E-state index in [4.69, 9.17) is 0 Å². The number of amides is 1. The van der Waals surface area contributed by atoms with Crippen molar-refractivity contribution in [2.24, 2.45) is 0 Å². The molecule has 4 N–H and O–H groups in total. The number of hydrogen-bond acceptors (Lipinski definition) is 4. The smallest absolute Gasteiger partial charge is 0.256 e. The van der Waals surface area contributed by atoms with E-state index in [1.807, 2.05) is 0 Å². The fraction of sp³-hybridized carbons (Fsp3) is 0.238. The first-order valence-corrected chi connectivity index (χ1v) is 8.90. The van der Waals surface area contributed by atoms with Crippen molar-refractivity contribution in [3.8, 4) is 11.8 Å². The van der Waals surface area contributed by atoms with E-state index < -0.39 is 11.9 Å². The molecule has 1 aromatic heterocycles. The number of aliphatic hydroxyl groups excluding tert-OH is 1. The molecule has 2 aliphatic heterocycles. The second-order valence-corrected chi connectivity index (χ2v) is 6.88. The number of nitrogens with one attached hydrogen (secondary N) is 3. The summed E-state index contributed by atoms with van der Waals surface area (Å²) in [7, 11) is 0. The summed E-state index contributed by atoms with van der Waals surface area (Å²) in [4.78, 5) is 26.9. The molecular formula is C21H18FN3O3. The van der Waals surface area contributed by atoms with Crippen molar-refractivity contribution in [2.75, 3.05) is 11.9 Å². The molecule has 0 bridgehead atoms. The number of H-pyrrole nitrogens is 1. The highest BCUT2D eigenvalue weighted by Crippen LogP contribution is 2.36. The first kappa shape index (κ1) is 18.2. The van der Waals surface area contributed by atoms with Crippen molar-refractivity contribution in [1.82, 2.24) is 10.3 Å². The van der Waals surface area contributed by atoms with Gasteiger partial charge in [-0.05, 0) is 31.2 Å². The molecule has 0 saturated carbocycles. The van der Waals surface area contributed by atoms with Gasteiger partial charge in [0.05, 0.1) is 29.0 Å². The van der Waals surface area contributed by atoms with Crippen molar-refractivity contribution in [3.05, 3.63) is 52.6 Å². The third-order valence-corrected chi connectivity index (χ3v) is 4.81. The fourth-order valence-electron chi connectivity index (χ4n) is 3.36. The van der Waals surface area contributed by atoms with Crippen LogP contribution in [0.25, 0.3) is 11.6 Å².